The van der Waals surface area contributed by atoms with Crippen LogP contribution in [0.1, 0.15) is 17.5 Å². The van der Waals surface area contributed by atoms with Crippen molar-refractivity contribution in [1.82, 2.24) is 0 Å². The molecule has 4 nitrogen and oxygen atoms in total. The van der Waals surface area contributed by atoms with Gasteiger partial charge in [0, 0.05) is 12.7 Å². The Balaban J connectivity index is 2.55. The highest BCUT2D eigenvalue weighted by atomic mass is 32.2. The molecule has 0 aliphatic rings. The third-order valence-corrected chi connectivity index (χ3v) is 3.65. The number of hydrogen-bond donors (Lipinski definition) is 1. The number of carbonyl (C=O) groups excluding carboxylic acids is 1. The number of Topliss-reactive ketones (excluding diaryl/α,β-unsaturated/α-hetero) is 1. The smallest absolute Gasteiger partial charge is 0.153 e. The highest BCUT2D eigenvalue weighted by molar-refractivity contribution is 7.90. The molecule has 0 saturated carbocycles. The standard InChI is InChI=1S/C13H19NO3S/c1-10-4-3-5-11(8-10)9-13(15)12(14)6-7-18(2,16)17/h3-5,8,12H,6-7,9,14H2,1-2H3. The Hall–Kier alpha value is -1.20. The Morgan fingerprint density at radius 2 is 2.06 bits per heavy atom. The van der Waals surface area contributed by atoms with E-state index in [9.17, 15) is 13.2 Å². The molecule has 1 rings (SSSR count). The Morgan fingerprint density at radius 3 is 2.61 bits per heavy atom. The molecule has 1 atom stereocenters. The van der Waals surface area contributed by atoms with Crippen molar-refractivity contribution in [3.63, 3.8) is 0 Å². The molecular weight excluding hydrogens is 250 g/mol. The number of benzene rings is 1. The molecule has 0 radical (unpaired) electrons. The summed E-state index contributed by atoms with van der Waals surface area (Å²) in [6, 6.07) is 6.94. The maximum atomic E-state index is 11.8. The summed E-state index contributed by atoms with van der Waals surface area (Å²) in [5, 5.41) is 0. The van der Waals surface area contributed by atoms with Crippen LogP contribution in [0.3, 0.4) is 0 Å². The third-order valence-electron chi connectivity index (χ3n) is 2.67. The van der Waals surface area contributed by atoms with Crippen LogP contribution in [0.4, 0.5) is 0 Å². The van der Waals surface area contributed by atoms with E-state index in [0.717, 1.165) is 17.4 Å². The lowest BCUT2D eigenvalue weighted by molar-refractivity contribution is -0.119. The van der Waals surface area contributed by atoms with Gasteiger partial charge in [0.25, 0.3) is 0 Å². The molecule has 1 aromatic rings. The van der Waals surface area contributed by atoms with Gasteiger partial charge in [0.05, 0.1) is 11.8 Å². The van der Waals surface area contributed by atoms with Gasteiger partial charge in [0.15, 0.2) is 5.78 Å². The molecule has 1 aromatic carbocycles. The summed E-state index contributed by atoms with van der Waals surface area (Å²) in [7, 11) is -3.06. The molecule has 18 heavy (non-hydrogen) atoms. The number of ketones is 1. The van der Waals surface area contributed by atoms with Gasteiger partial charge in [-0.2, -0.15) is 0 Å². The number of rotatable bonds is 6. The molecule has 0 aliphatic carbocycles. The molecule has 0 bridgehead atoms. The van der Waals surface area contributed by atoms with E-state index in [-0.39, 0.29) is 24.4 Å². The van der Waals surface area contributed by atoms with Gasteiger partial charge in [-0.3, -0.25) is 4.79 Å². The first kappa shape index (κ1) is 14.9. The fourth-order valence-electron chi connectivity index (χ4n) is 1.66. The van der Waals surface area contributed by atoms with Gasteiger partial charge in [-0.25, -0.2) is 8.42 Å². The Kier molecular flexibility index (Phi) is 5.04. The van der Waals surface area contributed by atoms with Crippen molar-refractivity contribution in [3.05, 3.63) is 35.4 Å². The molecule has 0 amide bonds. The highest BCUT2D eigenvalue weighted by Gasteiger charge is 2.16. The van der Waals surface area contributed by atoms with E-state index < -0.39 is 15.9 Å². The monoisotopic (exact) mass is 269 g/mol. The van der Waals surface area contributed by atoms with Crippen molar-refractivity contribution in [3.8, 4) is 0 Å². The van der Waals surface area contributed by atoms with E-state index in [1.807, 2.05) is 31.2 Å². The largest absolute Gasteiger partial charge is 0.321 e. The van der Waals surface area contributed by atoms with Crippen LogP contribution < -0.4 is 5.73 Å². The maximum Gasteiger partial charge on any atom is 0.153 e. The van der Waals surface area contributed by atoms with Crippen molar-refractivity contribution in [1.29, 1.82) is 0 Å². The fourth-order valence-corrected chi connectivity index (χ4v) is 2.34. The first-order valence-electron chi connectivity index (χ1n) is 5.79. The molecule has 5 heteroatoms. The maximum absolute atomic E-state index is 11.8. The Labute approximate surface area is 108 Å². The highest BCUT2D eigenvalue weighted by Crippen LogP contribution is 2.07. The minimum Gasteiger partial charge on any atom is -0.321 e. The molecule has 0 heterocycles. The first-order valence-corrected chi connectivity index (χ1v) is 7.85. The van der Waals surface area contributed by atoms with Crippen LogP contribution >= 0.6 is 0 Å². The second-order valence-electron chi connectivity index (χ2n) is 4.66. The second-order valence-corrected chi connectivity index (χ2v) is 6.92. The zero-order valence-corrected chi connectivity index (χ0v) is 11.5. The van der Waals surface area contributed by atoms with Crippen molar-refractivity contribution < 1.29 is 13.2 Å². The summed E-state index contributed by atoms with van der Waals surface area (Å²) in [5.41, 5.74) is 7.70. The summed E-state index contributed by atoms with van der Waals surface area (Å²) in [4.78, 5) is 11.8. The predicted octanol–water partition coefficient (Wildman–Crippen LogP) is 0.869. The van der Waals surface area contributed by atoms with Crippen LogP contribution in [0, 0.1) is 6.92 Å². The van der Waals surface area contributed by atoms with Gasteiger partial charge in [-0.1, -0.05) is 29.8 Å². The van der Waals surface area contributed by atoms with Gasteiger partial charge in [0.1, 0.15) is 9.84 Å². The molecule has 0 fully saturated rings. The Bertz CT molecular complexity index is 523. The lowest BCUT2D eigenvalue weighted by atomic mass is 10.0. The zero-order chi connectivity index (χ0) is 13.8. The van der Waals surface area contributed by atoms with Crippen LogP contribution in [-0.2, 0) is 21.1 Å². The minimum atomic E-state index is -3.06. The van der Waals surface area contributed by atoms with Gasteiger partial charge >= 0.3 is 0 Å². The van der Waals surface area contributed by atoms with Crippen LogP contribution in [0.15, 0.2) is 24.3 Å². The lowest BCUT2D eigenvalue weighted by Crippen LogP contribution is -2.33. The first-order chi connectivity index (χ1) is 8.28. The molecule has 1 unspecified atom stereocenters. The van der Waals surface area contributed by atoms with Crippen molar-refractivity contribution in [2.24, 2.45) is 5.73 Å². The lowest BCUT2D eigenvalue weighted by Gasteiger charge is -2.10. The normalized spacial score (nSPS) is 13.3. The summed E-state index contributed by atoms with van der Waals surface area (Å²) in [6.45, 7) is 1.96. The van der Waals surface area contributed by atoms with Gasteiger partial charge in [-0.05, 0) is 18.9 Å². The van der Waals surface area contributed by atoms with Crippen LogP contribution in [0.25, 0.3) is 0 Å². The average Bonchev–Trinajstić information content (AvgIpc) is 2.24. The summed E-state index contributed by atoms with van der Waals surface area (Å²) >= 11 is 0. The number of hydrogen-bond acceptors (Lipinski definition) is 4. The van der Waals surface area contributed by atoms with E-state index >= 15 is 0 Å². The topological polar surface area (TPSA) is 77.2 Å². The van der Waals surface area contributed by atoms with E-state index in [4.69, 9.17) is 5.73 Å². The van der Waals surface area contributed by atoms with E-state index in [2.05, 4.69) is 0 Å². The van der Waals surface area contributed by atoms with Gasteiger partial charge in [0.2, 0.25) is 0 Å². The van der Waals surface area contributed by atoms with Gasteiger partial charge < -0.3 is 5.73 Å². The molecule has 2 N–H and O–H groups in total. The molecule has 0 saturated heterocycles. The molecule has 100 valence electrons. The summed E-state index contributed by atoms with van der Waals surface area (Å²) in [6.07, 6.45) is 1.58. The SMILES string of the molecule is Cc1cccc(CC(=O)C(N)CCS(C)(=O)=O)c1. The summed E-state index contributed by atoms with van der Waals surface area (Å²) in [5.74, 6) is -0.169. The number of sulfone groups is 1. The van der Waals surface area contributed by atoms with Crippen molar-refractivity contribution >= 4 is 15.6 Å². The zero-order valence-electron chi connectivity index (χ0n) is 10.7. The van der Waals surface area contributed by atoms with Crippen LogP contribution in [-0.4, -0.2) is 32.3 Å². The Morgan fingerprint density at radius 1 is 1.39 bits per heavy atom. The van der Waals surface area contributed by atoms with E-state index in [1.54, 1.807) is 0 Å². The predicted molar refractivity (Wildman–Crippen MR) is 72.2 cm³/mol. The van der Waals surface area contributed by atoms with E-state index in [0.29, 0.717) is 0 Å². The van der Waals surface area contributed by atoms with Gasteiger partial charge in [-0.15, -0.1) is 0 Å². The molecule has 0 aliphatic heterocycles. The van der Waals surface area contributed by atoms with Crippen molar-refractivity contribution in [2.45, 2.75) is 25.8 Å². The van der Waals surface area contributed by atoms with Crippen LogP contribution in [0.5, 0.6) is 0 Å². The number of aryl methyl sites for hydroxylation is 1. The number of nitrogens with two attached hydrogens (primary N) is 1. The second kappa shape index (κ2) is 6.11. The molecule has 0 aromatic heterocycles. The minimum absolute atomic E-state index is 0.0479. The molecule has 0 spiro atoms. The third kappa shape index (κ3) is 5.42. The number of carbonyl (C=O) groups is 1. The molecular formula is C13H19NO3S. The van der Waals surface area contributed by atoms with E-state index in [1.165, 1.54) is 0 Å². The summed E-state index contributed by atoms with van der Waals surface area (Å²) < 4.78 is 22.0. The quantitative estimate of drug-likeness (QED) is 0.831. The van der Waals surface area contributed by atoms with Crippen LogP contribution in [0.2, 0.25) is 0 Å². The van der Waals surface area contributed by atoms with Crippen molar-refractivity contribution in [2.75, 3.05) is 12.0 Å². The average molecular weight is 269 g/mol. The fraction of sp³-hybridized carbons (Fsp3) is 0.462.